The Balaban J connectivity index is 1.46. The van der Waals surface area contributed by atoms with E-state index in [2.05, 4.69) is 4.98 Å². The summed E-state index contributed by atoms with van der Waals surface area (Å²) in [5, 5.41) is 0.113. The number of anilines is 1. The zero-order chi connectivity index (χ0) is 25.9. The summed E-state index contributed by atoms with van der Waals surface area (Å²) in [6.07, 6.45) is 3.83. The van der Waals surface area contributed by atoms with E-state index in [4.69, 9.17) is 0 Å². The number of Topliss-reactive ketones (excluding diaryl/α,β-unsaturated/α-hetero) is 1. The van der Waals surface area contributed by atoms with Crippen LogP contribution >= 0.6 is 0 Å². The summed E-state index contributed by atoms with van der Waals surface area (Å²) in [5.74, 6) is -1.58. The summed E-state index contributed by atoms with van der Waals surface area (Å²) in [7, 11) is 0. The fourth-order valence-corrected chi connectivity index (χ4v) is 6.27. The highest BCUT2D eigenvalue weighted by Crippen LogP contribution is 2.55. The summed E-state index contributed by atoms with van der Waals surface area (Å²) < 4.78 is 58.4. The third-order valence-corrected chi connectivity index (χ3v) is 8.61. The molecule has 5 nitrogen and oxygen atoms in total. The second-order valence-corrected chi connectivity index (χ2v) is 11.0. The maximum absolute atomic E-state index is 14.9. The SMILES string of the molecule is O=C(CC12CCC(F)(CC1)CC2)c1cn(-c2ccc(F)cc2F)c2nc(N3CC[C@H](F)C3)ccc2c1=O. The minimum atomic E-state index is -1.14. The van der Waals surface area contributed by atoms with Gasteiger partial charge in [-0.05, 0) is 74.6 Å². The van der Waals surface area contributed by atoms with Crippen molar-refractivity contribution in [2.24, 2.45) is 5.41 Å². The zero-order valence-corrected chi connectivity index (χ0v) is 20.3. The molecule has 2 bridgehead atoms. The lowest BCUT2D eigenvalue weighted by molar-refractivity contribution is -0.0350. The van der Waals surface area contributed by atoms with E-state index in [0.717, 1.165) is 12.1 Å². The molecule has 0 N–H and O–H groups in total. The Morgan fingerprint density at radius 3 is 2.43 bits per heavy atom. The van der Waals surface area contributed by atoms with Crippen molar-refractivity contribution in [1.82, 2.24) is 9.55 Å². The van der Waals surface area contributed by atoms with Gasteiger partial charge in [-0.25, -0.2) is 22.5 Å². The smallest absolute Gasteiger partial charge is 0.201 e. The fourth-order valence-electron chi connectivity index (χ4n) is 6.27. The van der Waals surface area contributed by atoms with Gasteiger partial charge in [-0.1, -0.05) is 0 Å². The van der Waals surface area contributed by atoms with Crippen LogP contribution in [-0.2, 0) is 0 Å². The average Bonchev–Trinajstić information content (AvgIpc) is 3.32. The van der Waals surface area contributed by atoms with E-state index in [9.17, 15) is 27.2 Å². The Hall–Kier alpha value is -3.23. The van der Waals surface area contributed by atoms with Crippen LogP contribution in [0, 0.1) is 17.0 Å². The summed E-state index contributed by atoms with van der Waals surface area (Å²) in [4.78, 5) is 33.4. The standard InChI is InChI=1S/C28H27F4N3O2/c29-17-1-3-22(21(31)13-17)35-16-20(23(36)14-27-6-9-28(32,10-7-27)11-8-27)25(37)19-2-4-24(33-26(19)35)34-12-5-18(30)15-34/h1-4,13,16,18H,5-12,14-15H2/t18-,27?,28?/m0/s1. The molecule has 1 aliphatic heterocycles. The number of carbonyl (C=O) groups excluding carboxylic acids is 1. The Morgan fingerprint density at radius 2 is 1.78 bits per heavy atom. The lowest BCUT2D eigenvalue weighted by Crippen LogP contribution is -2.44. The van der Waals surface area contributed by atoms with Crippen molar-refractivity contribution in [3.8, 4) is 5.69 Å². The molecule has 37 heavy (non-hydrogen) atoms. The molecule has 3 aliphatic carbocycles. The number of halogens is 4. The van der Waals surface area contributed by atoms with Gasteiger partial charge in [-0.15, -0.1) is 0 Å². The number of benzene rings is 1. The molecule has 2 aromatic heterocycles. The highest BCUT2D eigenvalue weighted by Gasteiger charge is 2.49. The van der Waals surface area contributed by atoms with Crippen LogP contribution in [0.4, 0.5) is 23.4 Å². The molecular weight excluding hydrogens is 486 g/mol. The first-order valence-corrected chi connectivity index (χ1v) is 12.8. The van der Waals surface area contributed by atoms with Crippen molar-refractivity contribution >= 4 is 22.6 Å². The topological polar surface area (TPSA) is 55.2 Å². The number of rotatable bonds is 5. The van der Waals surface area contributed by atoms with E-state index >= 15 is 0 Å². The minimum absolute atomic E-state index is 0.0643. The number of fused-ring (bicyclic) bond motifs is 4. The Morgan fingerprint density at radius 1 is 1.05 bits per heavy atom. The number of aromatic nitrogens is 2. The number of carbonyl (C=O) groups is 1. The third-order valence-electron chi connectivity index (χ3n) is 8.61. The molecule has 3 aromatic rings. The largest absolute Gasteiger partial charge is 0.354 e. The van der Waals surface area contributed by atoms with E-state index < -0.39 is 28.9 Å². The van der Waals surface area contributed by atoms with Crippen molar-refractivity contribution in [2.45, 2.75) is 63.2 Å². The molecule has 4 aliphatic rings. The van der Waals surface area contributed by atoms with Gasteiger partial charge in [0.15, 0.2) is 11.4 Å². The van der Waals surface area contributed by atoms with E-state index in [0.29, 0.717) is 57.3 Å². The van der Waals surface area contributed by atoms with E-state index in [1.54, 1.807) is 11.0 Å². The molecule has 0 unspecified atom stereocenters. The predicted octanol–water partition coefficient (Wildman–Crippen LogP) is 5.85. The number of hydrogen-bond acceptors (Lipinski definition) is 4. The first-order valence-electron chi connectivity index (χ1n) is 12.8. The second-order valence-electron chi connectivity index (χ2n) is 11.0. The van der Waals surface area contributed by atoms with Gasteiger partial charge in [-0.3, -0.25) is 14.2 Å². The molecule has 194 valence electrons. The molecule has 7 rings (SSSR count). The number of pyridine rings is 2. The first kappa shape index (κ1) is 24.1. The van der Waals surface area contributed by atoms with Crippen LogP contribution in [0.15, 0.2) is 41.3 Å². The highest BCUT2D eigenvalue weighted by atomic mass is 19.1. The van der Waals surface area contributed by atoms with Crippen LogP contribution in [0.5, 0.6) is 0 Å². The fraction of sp³-hybridized carbons (Fsp3) is 0.464. The van der Waals surface area contributed by atoms with Crippen molar-refractivity contribution in [2.75, 3.05) is 18.0 Å². The quantitative estimate of drug-likeness (QED) is 0.317. The summed E-state index contributed by atoms with van der Waals surface area (Å²) >= 11 is 0. The molecule has 4 fully saturated rings. The molecule has 9 heteroatoms. The molecule has 1 atom stereocenters. The Labute approximate surface area is 211 Å². The van der Waals surface area contributed by atoms with Gasteiger partial charge in [0, 0.05) is 25.2 Å². The zero-order valence-electron chi connectivity index (χ0n) is 20.3. The number of nitrogens with zero attached hydrogens (tertiary/aromatic N) is 3. The van der Waals surface area contributed by atoms with Gasteiger partial charge in [0.1, 0.15) is 29.3 Å². The predicted molar refractivity (Wildman–Crippen MR) is 132 cm³/mol. The van der Waals surface area contributed by atoms with Gasteiger partial charge < -0.3 is 4.90 Å². The Kier molecular flexibility index (Phi) is 5.65. The van der Waals surface area contributed by atoms with Gasteiger partial charge in [0.2, 0.25) is 5.43 Å². The van der Waals surface area contributed by atoms with Crippen LogP contribution in [0.2, 0.25) is 0 Å². The molecule has 1 aromatic carbocycles. The lowest BCUT2D eigenvalue weighted by Gasteiger charge is -2.49. The van der Waals surface area contributed by atoms with Gasteiger partial charge in [-0.2, -0.15) is 0 Å². The number of alkyl halides is 2. The molecule has 3 saturated carbocycles. The molecule has 3 heterocycles. The first-order chi connectivity index (χ1) is 17.7. The number of hydrogen-bond donors (Lipinski definition) is 0. The summed E-state index contributed by atoms with van der Waals surface area (Å²) in [6.45, 7) is 0.611. The molecule has 1 saturated heterocycles. The van der Waals surface area contributed by atoms with Crippen LogP contribution in [-0.4, -0.2) is 40.3 Å². The van der Waals surface area contributed by atoms with E-state index in [-0.39, 0.29) is 46.4 Å². The maximum atomic E-state index is 14.9. The van der Waals surface area contributed by atoms with Crippen LogP contribution in [0.1, 0.15) is 61.7 Å². The van der Waals surface area contributed by atoms with E-state index in [1.165, 1.54) is 22.9 Å². The average molecular weight is 514 g/mol. The maximum Gasteiger partial charge on any atom is 0.201 e. The summed E-state index contributed by atoms with van der Waals surface area (Å²) in [5.41, 5.74) is -2.06. The summed E-state index contributed by atoms with van der Waals surface area (Å²) in [6, 6.07) is 6.17. The van der Waals surface area contributed by atoms with Crippen LogP contribution < -0.4 is 10.3 Å². The number of ketones is 1. The molecular formula is C28H27F4N3O2. The van der Waals surface area contributed by atoms with Crippen molar-refractivity contribution < 1.29 is 22.4 Å². The normalized spacial score (nSPS) is 27.2. The third kappa shape index (κ3) is 4.22. The van der Waals surface area contributed by atoms with Gasteiger partial charge in [0.25, 0.3) is 0 Å². The lowest BCUT2D eigenvalue weighted by atomic mass is 9.57. The highest BCUT2D eigenvalue weighted by molar-refractivity contribution is 5.99. The molecule has 0 radical (unpaired) electrons. The monoisotopic (exact) mass is 513 g/mol. The van der Waals surface area contributed by atoms with Crippen molar-refractivity contribution in [3.63, 3.8) is 0 Å². The van der Waals surface area contributed by atoms with Crippen molar-refractivity contribution in [1.29, 1.82) is 0 Å². The molecule has 0 amide bonds. The van der Waals surface area contributed by atoms with E-state index in [1.807, 2.05) is 0 Å². The molecule has 0 spiro atoms. The minimum Gasteiger partial charge on any atom is -0.354 e. The van der Waals surface area contributed by atoms with Gasteiger partial charge >= 0.3 is 0 Å². The van der Waals surface area contributed by atoms with Crippen LogP contribution in [0.3, 0.4) is 0 Å². The second kappa shape index (κ2) is 8.67. The van der Waals surface area contributed by atoms with Crippen molar-refractivity contribution in [3.05, 3.63) is 63.9 Å². The van der Waals surface area contributed by atoms with Gasteiger partial charge in [0.05, 0.1) is 23.2 Å². The Bertz CT molecular complexity index is 1450. The van der Waals surface area contributed by atoms with Crippen LogP contribution in [0.25, 0.3) is 16.7 Å².